The van der Waals surface area contributed by atoms with Crippen molar-refractivity contribution in [2.24, 2.45) is 0 Å². The van der Waals surface area contributed by atoms with Crippen molar-refractivity contribution in [3.05, 3.63) is 71.8 Å². The van der Waals surface area contributed by atoms with Gasteiger partial charge in [-0.1, -0.05) is 36.4 Å². The predicted octanol–water partition coefficient (Wildman–Crippen LogP) is 4.40. The number of halogens is 2. The van der Waals surface area contributed by atoms with E-state index in [4.69, 9.17) is 9.84 Å². The van der Waals surface area contributed by atoms with Crippen LogP contribution in [0.25, 0.3) is 10.8 Å². The van der Waals surface area contributed by atoms with Gasteiger partial charge in [-0.2, -0.15) is 0 Å². The second-order valence-electron chi connectivity index (χ2n) is 4.63. The molecule has 0 atom stereocenters. The topological polar surface area (TPSA) is 29.5 Å². The van der Waals surface area contributed by atoms with Crippen LogP contribution in [0.5, 0.6) is 11.5 Å². The Labute approximate surface area is 120 Å². The van der Waals surface area contributed by atoms with Crippen molar-refractivity contribution in [2.75, 3.05) is 0 Å². The molecule has 0 saturated heterocycles. The van der Waals surface area contributed by atoms with Gasteiger partial charge < -0.3 is 9.84 Å². The molecule has 3 aromatic carbocycles. The highest BCUT2D eigenvalue weighted by Crippen LogP contribution is 2.33. The largest absolute Gasteiger partial charge is 0.451 e. The second kappa shape index (κ2) is 5.50. The highest BCUT2D eigenvalue weighted by Gasteiger charge is 2.14. The van der Waals surface area contributed by atoms with Crippen molar-refractivity contribution >= 4 is 10.8 Å². The number of hydrogen-bond acceptors (Lipinski definition) is 2. The van der Waals surface area contributed by atoms with E-state index in [9.17, 15) is 8.78 Å². The van der Waals surface area contributed by atoms with Gasteiger partial charge in [-0.3, -0.25) is 0 Å². The van der Waals surface area contributed by atoms with Gasteiger partial charge >= 0.3 is 0 Å². The van der Waals surface area contributed by atoms with E-state index < -0.39 is 24.0 Å². The summed E-state index contributed by atoms with van der Waals surface area (Å²) in [6.45, 7) is -0.428. The SMILES string of the molecule is OCc1cc(F)c(Oc2cccc3ccccc23)c(F)c1. The lowest BCUT2D eigenvalue weighted by atomic mass is 10.1. The van der Waals surface area contributed by atoms with Crippen LogP contribution in [0.3, 0.4) is 0 Å². The molecule has 0 heterocycles. The van der Waals surface area contributed by atoms with Crippen molar-refractivity contribution in [3.8, 4) is 11.5 Å². The summed E-state index contributed by atoms with van der Waals surface area (Å²) in [6.07, 6.45) is 0. The van der Waals surface area contributed by atoms with E-state index in [1.807, 2.05) is 30.3 Å². The molecular formula is C17H12F2O2. The summed E-state index contributed by atoms with van der Waals surface area (Å²) < 4.78 is 33.2. The molecule has 0 aromatic heterocycles. The minimum Gasteiger partial charge on any atom is -0.451 e. The summed E-state index contributed by atoms with van der Waals surface area (Å²) >= 11 is 0. The number of aliphatic hydroxyl groups is 1. The van der Waals surface area contributed by atoms with Gasteiger partial charge in [0.25, 0.3) is 0 Å². The monoisotopic (exact) mass is 286 g/mol. The first-order chi connectivity index (χ1) is 10.2. The van der Waals surface area contributed by atoms with E-state index in [-0.39, 0.29) is 5.56 Å². The fourth-order valence-corrected chi connectivity index (χ4v) is 2.20. The Hall–Kier alpha value is -2.46. The maximum Gasteiger partial charge on any atom is 0.198 e. The molecule has 0 aliphatic heterocycles. The molecule has 3 rings (SSSR count). The lowest BCUT2D eigenvalue weighted by molar-refractivity contribution is 0.279. The Bertz CT molecular complexity index is 771. The first-order valence-electron chi connectivity index (χ1n) is 6.43. The molecule has 0 aliphatic carbocycles. The Morgan fingerprint density at radius 2 is 1.57 bits per heavy atom. The van der Waals surface area contributed by atoms with E-state index in [1.165, 1.54) is 0 Å². The van der Waals surface area contributed by atoms with Crippen molar-refractivity contribution in [3.63, 3.8) is 0 Å². The quantitative estimate of drug-likeness (QED) is 0.773. The Kier molecular flexibility index (Phi) is 3.54. The van der Waals surface area contributed by atoms with Gasteiger partial charge in [-0.15, -0.1) is 0 Å². The predicted molar refractivity (Wildman–Crippen MR) is 76.3 cm³/mol. The molecule has 4 heteroatoms. The van der Waals surface area contributed by atoms with Crippen LogP contribution in [0.1, 0.15) is 5.56 Å². The van der Waals surface area contributed by atoms with E-state index in [0.717, 1.165) is 22.9 Å². The van der Waals surface area contributed by atoms with Gasteiger partial charge in [-0.05, 0) is 29.1 Å². The molecule has 1 N–H and O–H groups in total. The average Bonchev–Trinajstić information content (AvgIpc) is 2.50. The van der Waals surface area contributed by atoms with Crippen molar-refractivity contribution in [1.82, 2.24) is 0 Å². The molecule has 0 aliphatic rings. The number of aliphatic hydroxyl groups excluding tert-OH is 1. The van der Waals surface area contributed by atoms with Crippen LogP contribution >= 0.6 is 0 Å². The second-order valence-corrected chi connectivity index (χ2v) is 4.63. The maximum absolute atomic E-state index is 13.9. The summed E-state index contributed by atoms with van der Waals surface area (Å²) in [4.78, 5) is 0. The fraction of sp³-hybridized carbons (Fsp3) is 0.0588. The molecule has 21 heavy (non-hydrogen) atoms. The number of benzene rings is 3. The van der Waals surface area contributed by atoms with Crippen LogP contribution in [0, 0.1) is 11.6 Å². The molecule has 0 unspecified atom stereocenters. The highest BCUT2D eigenvalue weighted by atomic mass is 19.1. The van der Waals surface area contributed by atoms with Crippen LogP contribution in [-0.2, 0) is 6.61 Å². The maximum atomic E-state index is 13.9. The van der Waals surface area contributed by atoms with Gasteiger partial charge in [0.1, 0.15) is 5.75 Å². The number of hydrogen-bond donors (Lipinski definition) is 1. The zero-order valence-corrected chi connectivity index (χ0v) is 11.0. The number of fused-ring (bicyclic) bond motifs is 1. The van der Waals surface area contributed by atoms with Crippen LogP contribution in [0.4, 0.5) is 8.78 Å². The molecule has 0 radical (unpaired) electrons. The van der Waals surface area contributed by atoms with Crippen LogP contribution < -0.4 is 4.74 Å². The fourth-order valence-electron chi connectivity index (χ4n) is 2.20. The Morgan fingerprint density at radius 3 is 2.29 bits per heavy atom. The molecule has 0 spiro atoms. The zero-order chi connectivity index (χ0) is 14.8. The van der Waals surface area contributed by atoms with Crippen LogP contribution in [0.2, 0.25) is 0 Å². The van der Waals surface area contributed by atoms with Gasteiger partial charge in [0.15, 0.2) is 17.4 Å². The van der Waals surface area contributed by atoms with E-state index >= 15 is 0 Å². The summed E-state index contributed by atoms with van der Waals surface area (Å²) in [6, 6.07) is 14.8. The van der Waals surface area contributed by atoms with E-state index in [1.54, 1.807) is 12.1 Å². The first-order valence-corrected chi connectivity index (χ1v) is 6.43. The smallest absolute Gasteiger partial charge is 0.198 e. The highest BCUT2D eigenvalue weighted by molar-refractivity contribution is 5.88. The normalized spacial score (nSPS) is 10.8. The molecule has 0 bridgehead atoms. The first kappa shape index (κ1) is 13.5. The Morgan fingerprint density at radius 1 is 0.905 bits per heavy atom. The van der Waals surface area contributed by atoms with Crippen LogP contribution in [0.15, 0.2) is 54.6 Å². The number of ether oxygens (including phenoxy) is 1. The van der Waals surface area contributed by atoms with Gasteiger partial charge in [0.05, 0.1) is 6.61 Å². The third-order valence-corrected chi connectivity index (χ3v) is 3.20. The Balaban J connectivity index is 2.07. The molecule has 106 valence electrons. The average molecular weight is 286 g/mol. The summed E-state index contributed by atoms with van der Waals surface area (Å²) in [5.74, 6) is -1.77. The summed E-state index contributed by atoms with van der Waals surface area (Å²) in [5, 5.41) is 10.6. The molecule has 0 saturated carbocycles. The van der Waals surface area contributed by atoms with Crippen LogP contribution in [-0.4, -0.2) is 5.11 Å². The lowest BCUT2D eigenvalue weighted by Crippen LogP contribution is -1.96. The third-order valence-electron chi connectivity index (χ3n) is 3.20. The van der Waals surface area contributed by atoms with Gasteiger partial charge in [-0.25, -0.2) is 8.78 Å². The van der Waals surface area contributed by atoms with Crippen molar-refractivity contribution < 1.29 is 18.6 Å². The molecule has 3 aromatic rings. The van der Waals surface area contributed by atoms with Gasteiger partial charge in [0, 0.05) is 5.39 Å². The molecule has 0 fully saturated rings. The van der Waals surface area contributed by atoms with E-state index in [0.29, 0.717) is 5.75 Å². The van der Waals surface area contributed by atoms with Crippen molar-refractivity contribution in [2.45, 2.75) is 6.61 Å². The molecule has 2 nitrogen and oxygen atoms in total. The molecule has 0 amide bonds. The summed E-state index contributed by atoms with van der Waals surface area (Å²) in [7, 11) is 0. The van der Waals surface area contributed by atoms with Crippen molar-refractivity contribution in [1.29, 1.82) is 0 Å². The zero-order valence-electron chi connectivity index (χ0n) is 11.0. The van der Waals surface area contributed by atoms with E-state index in [2.05, 4.69) is 0 Å². The lowest BCUT2D eigenvalue weighted by Gasteiger charge is -2.11. The number of rotatable bonds is 3. The molecular weight excluding hydrogens is 274 g/mol. The van der Waals surface area contributed by atoms with Gasteiger partial charge in [0.2, 0.25) is 0 Å². The minimum absolute atomic E-state index is 0.162. The minimum atomic E-state index is -0.841. The third kappa shape index (κ3) is 2.58. The summed E-state index contributed by atoms with van der Waals surface area (Å²) in [5.41, 5.74) is 0.162. The standard InChI is InChI=1S/C17H12F2O2/c18-14-8-11(10-20)9-15(19)17(14)21-16-7-3-5-12-4-1-2-6-13(12)16/h1-9,20H,10H2.